The molecule has 0 radical (unpaired) electrons. The summed E-state index contributed by atoms with van der Waals surface area (Å²) in [5.41, 5.74) is 5.78. The lowest BCUT2D eigenvalue weighted by molar-refractivity contribution is -0.140. The third-order valence-corrected chi connectivity index (χ3v) is 5.31. The molecule has 3 aromatic carbocycles. The van der Waals surface area contributed by atoms with Crippen molar-refractivity contribution in [2.24, 2.45) is 0 Å². The molecule has 1 heterocycles. The Morgan fingerprint density at radius 1 is 0.970 bits per heavy atom. The highest BCUT2D eigenvalue weighted by Crippen LogP contribution is 2.32. The summed E-state index contributed by atoms with van der Waals surface area (Å²) in [6.45, 7) is 1.88. The van der Waals surface area contributed by atoms with Crippen molar-refractivity contribution in [1.82, 2.24) is 15.5 Å². The Labute approximate surface area is 190 Å². The van der Waals surface area contributed by atoms with Crippen LogP contribution >= 0.6 is 0 Å². The fraction of sp³-hybridized carbons (Fsp3) is 0.160. The molecule has 1 atom stereocenters. The Balaban J connectivity index is 1.45. The zero-order valence-corrected chi connectivity index (χ0v) is 18.0. The number of aliphatic hydroxyl groups excluding tert-OH is 1. The normalized spacial score (nSPS) is 11.8. The van der Waals surface area contributed by atoms with Crippen LogP contribution in [0.3, 0.4) is 0 Å². The van der Waals surface area contributed by atoms with Crippen molar-refractivity contribution in [2.75, 3.05) is 11.9 Å². The van der Waals surface area contributed by atoms with Crippen molar-refractivity contribution in [3.05, 3.63) is 83.9 Å². The Bertz CT molecular complexity index is 1220. The van der Waals surface area contributed by atoms with Crippen molar-refractivity contribution >= 4 is 17.7 Å². The summed E-state index contributed by atoms with van der Waals surface area (Å²) in [6.07, 6.45) is 0. The first-order valence-corrected chi connectivity index (χ1v) is 10.5. The number of nitrogens with one attached hydrogen (secondary N) is 2. The summed E-state index contributed by atoms with van der Waals surface area (Å²) >= 11 is 0. The first-order chi connectivity index (χ1) is 16.0. The predicted octanol–water partition coefficient (Wildman–Crippen LogP) is 3.99. The van der Waals surface area contributed by atoms with E-state index < -0.39 is 18.6 Å². The summed E-state index contributed by atoms with van der Waals surface area (Å²) < 4.78 is 5.86. The van der Waals surface area contributed by atoms with Gasteiger partial charge < -0.3 is 19.9 Å². The van der Waals surface area contributed by atoms with Gasteiger partial charge in [-0.2, -0.15) is 0 Å². The quantitative estimate of drug-likeness (QED) is 0.306. The molecule has 0 saturated carbocycles. The number of anilines is 2. The molecule has 0 aliphatic heterocycles. The van der Waals surface area contributed by atoms with Gasteiger partial charge in [-0.3, -0.25) is 10.1 Å². The Kier molecular flexibility index (Phi) is 6.77. The summed E-state index contributed by atoms with van der Waals surface area (Å²) in [7, 11) is 0. The molecule has 0 aliphatic carbocycles. The number of rotatable bonds is 9. The predicted molar refractivity (Wildman–Crippen MR) is 125 cm³/mol. The number of carbonyl (C=O) groups is 1. The maximum absolute atomic E-state index is 11.0. The molecule has 0 spiro atoms. The smallest absolute Gasteiger partial charge is 0.323 e. The maximum atomic E-state index is 11.0. The third-order valence-electron chi connectivity index (χ3n) is 5.31. The Hall–Kier alpha value is -4.01. The van der Waals surface area contributed by atoms with Gasteiger partial charge in [0.1, 0.15) is 6.04 Å². The molecule has 0 fully saturated rings. The number of aromatic nitrogens is 2. The number of carboxylic acids is 1. The second-order valence-corrected chi connectivity index (χ2v) is 7.53. The highest BCUT2D eigenvalue weighted by molar-refractivity contribution is 5.75. The Morgan fingerprint density at radius 3 is 2.39 bits per heavy atom. The van der Waals surface area contributed by atoms with E-state index in [4.69, 9.17) is 14.6 Å². The number of carboxylic acid groups (broad SMARTS) is 1. The first kappa shape index (κ1) is 22.2. The molecule has 4 N–H and O–H groups in total. The van der Waals surface area contributed by atoms with E-state index in [-0.39, 0.29) is 6.01 Å². The third kappa shape index (κ3) is 5.25. The molecule has 0 amide bonds. The lowest BCUT2D eigenvalue weighted by Crippen LogP contribution is -2.39. The summed E-state index contributed by atoms with van der Waals surface area (Å²) in [6, 6.07) is 22.8. The van der Waals surface area contributed by atoms with Crippen LogP contribution in [0, 0.1) is 6.92 Å². The van der Waals surface area contributed by atoms with E-state index in [9.17, 15) is 4.79 Å². The number of hydrogen-bond donors (Lipinski definition) is 4. The van der Waals surface area contributed by atoms with E-state index in [1.807, 2.05) is 61.5 Å². The van der Waals surface area contributed by atoms with Crippen molar-refractivity contribution < 1.29 is 19.4 Å². The minimum atomic E-state index is -1.09. The van der Waals surface area contributed by atoms with Crippen LogP contribution in [0.5, 0.6) is 0 Å². The van der Waals surface area contributed by atoms with Crippen LogP contribution in [0.25, 0.3) is 22.6 Å². The van der Waals surface area contributed by atoms with Gasteiger partial charge >= 0.3 is 12.0 Å². The highest BCUT2D eigenvalue weighted by atomic mass is 16.4. The van der Waals surface area contributed by atoms with Crippen LogP contribution in [-0.4, -0.2) is 39.0 Å². The second kappa shape index (κ2) is 10.1. The van der Waals surface area contributed by atoms with Gasteiger partial charge in [-0.25, -0.2) is 0 Å². The summed E-state index contributed by atoms with van der Waals surface area (Å²) in [5, 5.41) is 32.2. The van der Waals surface area contributed by atoms with Crippen LogP contribution in [0.2, 0.25) is 0 Å². The van der Waals surface area contributed by atoms with E-state index in [1.54, 1.807) is 0 Å². The molecule has 1 aromatic heterocycles. The van der Waals surface area contributed by atoms with Crippen molar-refractivity contribution in [1.29, 1.82) is 0 Å². The fourth-order valence-electron chi connectivity index (χ4n) is 3.48. The zero-order valence-electron chi connectivity index (χ0n) is 18.0. The van der Waals surface area contributed by atoms with Gasteiger partial charge in [0.2, 0.25) is 5.89 Å². The monoisotopic (exact) mass is 444 g/mol. The molecular weight excluding hydrogens is 420 g/mol. The number of benzene rings is 3. The standard InChI is InChI=1S/C25H24N4O4/c1-16-20(18-6-3-2-4-7-18)8-5-9-21(16)23-28-29-25(33-23)27-19-12-10-17(11-13-19)14-26-22(15-30)24(31)32/h2-13,22,26,30H,14-15H2,1H3,(H,27,29)(H,31,32)/t22-/m1/s1. The van der Waals surface area contributed by atoms with Gasteiger partial charge in [-0.15, -0.1) is 5.10 Å². The van der Waals surface area contributed by atoms with Crippen molar-refractivity contribution in [3.8, 4) is 22.6 Å². The van der Waals surface area contributed by atoms with Crippen molar-refractivity contribution in [3.63, 3.8) is 0 Å². The van der Waals surface area contributed by atoms with E-state index >= 15 is 0 Å². The minimum absolute atomic E-state index is 0.270. The summed E-state index contributed by atoms with van der Waals surface area (Å²) in [4.78, 5) is 11.0. The Morgan fingerprint density at radius 2 is 1.70 bits per heavy atom. The van der Waals surface area contributed by atoms with Gasteiger partial charge in [0.15, 0.2) is 0 Å². The number of aliphatic carboxylic acids is 1. The van der Waals surface area contributed by atoms with Gasteiger partial charge in [-0.05, 0) is 47.4 Å². The zero-order chi connectivity index (χ0) is 23.2. The molecule has 0 saturated heterocycles. The van der Waals surface area contributed by atoms with Crippen LogP contribution in [0.15, 0.2) is 77.2 Å². The van der Waals surface area contributed by atoms with Gasteiger partial charge in [0.05, 0.1) is 6.61 Å². The van der Waals surface area contributed by atoms with Crippen molar-refractivity contribution in [2.45, 2.75) is 19.5 Å². The van der Waals surface area contributed by atoms with E-state index in [0.29, 0.717) is 12.4 Å². The second-order valence-electron chi connectivity index (χ2n) is 7.53. The van der Waals surface area contributed by atoms with E-state index in [1.165, 1.54) is 0 Å². The van der Waals surface area contributed by atoms with E-state index in [2.05, 4.69) is 39.0 Å². The molecule has 168 valence electrons. The van der Waals surface area contributed by atoms with E-state index in [0.717, 1.165) is 33.5 Å². The SMILES string of the molecule is Cc1c(-c2ccccc2)cccc1-c1nnc(Nc2ccc(CN[C@H](CO)C(=O)O)cc2)o1. The lowest BCUT2D eigenvalue weighted by Gasteiger charge is -2.11. The lowest BCUT2D eigenvalue weighted by atomic mass is 9.96. The van der Waals surface area contributed by atoms with Crippen LogP contribution < -0.4 is 10.6 Å². The first-order valence-electron chi connectivity index (χ1n) is 10.5. The molecule has 4 rings (SSSR count). The number of hydrogen-bond acceptors (Lipinski definition) is 7. The molecule has 33 heavy (non-hydrogen) atoms. The van der Waals surface area contributed by atoms with Gasteiger partial charge in [-0.1, -0.05) is 59.7 Å². The number of nitrogens with zero attached hydrogens (tertiary/aromatic N) is 2. The minimum Gasteiger partial charge on any atom is -0.480 e. The summed E-state index contributed by atoms with van der Waals surface area (Å²) in [5.74, 6) is -0.662. The molecule has 8 heteroatoms. The van der Waals surface area contributed by atoms with Gasteiger partial charge in [0.25, 0.3) is 0 Å². The molecule has 8 nitrogen and oxygen atoms in total. The van der Waals surface area contributed by atoms with Gasteiger partial charge in [0, 0.05) is 17.8 Å². The topological polar surface area (TPSA) is 121 Å². The molecule has 0 unspecified atom stereocenters. The fourth-order valence-corrected chi connectivity index (χ4v) is 3.48. The average molecular weight is 444 g/mol. The molecule has 0 bridgehead atoms. The largest absolute Gasteiger partial charge is 0.480 e. The highest BCUT2D eigenvalue weighted by Gasteiger charge is 2.16. The van der Waals surface area contributed by atoms with Crippen LogP contribution in [0.4, 0.5) is 11.7 Å². The van der Waals surface area contributed by atoms with Crippen LogP contribution in [0.1, 0.15) is 11.1 Å². The maximum Gasteiger partial charge on any atom is 0.323 e. The molecule has 4 aromatic rings. The van der Waals surface area contributed by atoms with Crippen LogP contribution in [-0.2, 0) is 11.3 Å². The number of aliphatic hydroxyl groups is 1. The molecule has 0 aliphatic rings. The molecular formula is C25H24N4O4. The average Bonchev–Trinajstić information content (AvgIpc) is 3.29.